The van der Waals surface area contributed by atoms with Crippen LogP contribution in [0, 0.1) is 0 Å². The van der Waals surface area contributed by atoms with E-state index in [4.69, 9.17) is 5.84 Å². The molecule has 0 bridgehead atoms. The molecule has 2 rings (SSSR count). The number of carbonyl (C=O) groups is 1. The Labute approximate surface area is 106 Å². The minimum absolute atomic E-state index is 0.244. The van der Waals surface area contributed by atoms with Gasteiger partial charge in [-0.2, -0.15) is 0 Å². The zero-order chi connectivity index (χ0) is 12.1. The third-order valence-corrected chi connectivity index (χ3v) is 3.86. The van der Waals surface area contributed by atoms with Crippen LogP contribution in [0.4, 0.5) is 0 Å². The molecule has 0 unspecified atom stereocenters. The van der Waals surface area contributed by atoms with Crippen molar-refractivity contribution in [2.75, 3.05) is 13.1 Å². The number of nitrogen functional groups attached to an aromatic ring is 1. The van der Waals surface area contributed by atoms with Gasteiger partial charge in [-0.25, -0.2) is 10.1 Å². The van der Waals surface area contributed by atoms with Crippen LogP contribution in [0.5, 0.6) is 0 Å². The number of benzene rings is 1. The fourth-order valence-electron chi connectivity index (χ4n) is 1.88. The Balaban J connectivity index is 2.02. The Morgan fingerprint density at radius 2 is 2.06 bits per heavy atom. The highest BCUT2D eigenvalue weighted by Gasteiger charge is 2.12. The van der Waals surface area contributed by atoms with Crippen molar-refractivity contribution in [2.24, 2.45) is 5.84 Å². The van der Waals surface area contributed by atoms with E-state index in [2.05, 4.69) is 9.73 Å². The Bertz CT molecular complexity index is 391. The normalized spacial score (nSPS) is 16.8. The topological polar surface area (TPSA) is 58.4 Å². The number of nitrogens with zero attached hydrogens (tertiary/aromatic N) is 1. The number of nitrogens with two attached hydrogens (primary N) is 1. The van der Waals surface area contributed by atoms with E-state index >= 15 is 0 Å². The molecule has 5 heteroatoms. The van der Waals surface area contributed by atoms with E-state index in [1.165, 1.54) is 19.3 Å². The summed E-state index contributed by atoms with van der Waals surface area (Å²) in [6, 6.07) is 7.55. The van der Waals surface area contributed by atoms with Gasteiger partial charge in [-0.1, -0.05) is 12.5 Å². The first kappa shape index (κ1) is 12.4. The van der Waals surface area contributed by atoms with Gasteiger partial charge < -0.3 is 0 Å². The first-order chi connectivity index (χ1) is 8.29. The fourth-order valence-corrected chi connectivity index (χ4v) is 2.94. The Morgan fingerprint density at radius 1 is 1.29 bits per heavy atom. The van der Waals surface area contributed by atoms with Crippen molar-refractivity contribution < 1.29 is 4.79 Å². The lowest BCUT2D eigenvalue weighted by molar-refractivity contribution is 0.0953. The lowest BCUT2D eigenvalue weighted by Crippen LogP contribution is -2.30. The summed E-state index contributed by atoms with van der Waals surface area (Å²) in [5.41, 5.74) is 2.76. The van der Waals surface area contributed by atoms with Crippen LogP contribution in [0.3, 0.4) is 0 Å². The van der Waals surface area contributed by atoms with Gasteiger partial charge in [-0.05, 0) is 43.0 Å². The molecule has 0 atom stereocenters. The fraction of sp³-hybridized carbons (Fsp3) is 0.417. The highest BCUT2D eigenvalue weighted by atomic mass is 32.2. The second-order valence-corrected chi connectivity index (χ2v) is 5.25. The maximum absolute atomic E-state index is 11.4. The quantitative estimate of drug-likeness (QED) is 0.372. The molecule has 1 aliphatic rings. The van der Waals surface area contributed by atoms with Gasteiger partial charge in [-0.3, -0.25) is 10.2 Å². The molecule has 0 aliphatic carbocycles. The molecule has 1 amide bonds. The van der Waals surface area contributed by atoms with E-state index in [-0.39, 0.29) is 5.91 Å². The van der Waals surface area contributed by atoms with Gasteiger partial charge in [0.2, 0.25) is 0 Å². The molecule has 0 radical (unpaired) electrons. The first-order valence-electron chi connectivity index (χ1n) is 5.83. The van der Waals surface area contributed by atoms with Gasteiger partial charge in [0.05, 0.1) is 0 Å². The second-order valence-electron chi connectivity index (χ2n) is 4.08. The molecule has 17 heavy (non-hydrogen) atoms. The highest BCUT2D eigenvalue weighted by molar-refractivity contribution is 7.97. The number of hydrogen-bond acceptors (Lipinski definition) is 4. The molecule has 0 spiro atoms. The zero-order valence-corrected chi connectivity index (χ0v) is 10.5. The van der Waals surface area contributed by atoms with Crippen LogP contribution in [-0.4, -0.2) is 23.3 Å². The number of nitrogens with one attached hydrogen (secondary N) is 1. The summed E-state index contributed by atoms with van der Waals surface area (Å²) in [4.78, 5) is 12.5. The van der Waals surface area contributed by atoms with Gasteiger partial charge in [0.15, 0.2) is 0 Å². The average molecular weight is 251 g/mol. The number of amides is 1. The molecule has 4 nitrogen and oxygen atoms in total. The molecular formula is C12H17N3OS. The first-order valence-corrected chi connectivity index (χ1v) is 6.61. The molecule has 1 heterocycles. The van der Waals surface area contributed by atoms with Gasteiger partial charge in [0.1, 0.15) is 0 Å². The van der Waals surface area contributed by atoms with Crippen LogP contribution < -0.4 is 11.3 Å². The Hall–Kier alpha value is -1.04. The molecule has 1 aliphatic heterocycles. The van der Waals surface area contributed by atoms with E-state index in [0.29, 0.717) is 5.56 Å². The predicted molar refractivity (Wildman–Crippen MR) is 69.4 cm³/mol. The van der Waals surface area contributed by atoms with Crippen molar-refractivity contribution in [3.05, 3.63) is 29.8 Å². The summed E-state index contributed by atoms with van der Waals surface area (Å²) in [5, 5.41) is 0. The summed E-state index contributed by atoms with van der Waals surface area (Å²) in [5.74, 6) is 4.88. The van der Waals surface area contributed by atoms with Crippen molar-refractivity contribution in [3.63, 3.8) is 0 Å². The standard InChI is InChI=1S/C12H17N3OS/c13-14-12(16)10-5-4-6-11(9-10)17-15-7-2-1-3-8-15/h4-6,9H,1-3,7-8,13H2,(H,14,16). The molecular weight excluding hydrogens is 234 g/mol. The summed E-state index contributed by atoms with van der Waals surface area (Å²) >= 11 is 1.72. The second kappa shape index (κ2) is 6.05. The smallest absolute Gasteiger partial charge is 0.265 e. The SMILES string of the molecule is NNC(=O)c1cccc(SN2CCCCC2)c1. The summed E-state index contributed by atoms with van der Waals surface area (Å²) in [6.07, 6.45) is 3.85. The lowest BCUT2D eigenvalue weighted by atomic mass is 10.2. The van der Waals surface area contributed by atoms with E-state index in [1.54, 1.807) is 18.0 Å². The van der Waals surface area contributed by atoms with E-state index in [0.717, 1.165) is 18.0 Å². The minimum atomic E-state index is -0.244. The third-order valence-electron chi connectivity index (χ3n) is 2.78. The van der Waals surface area contributed by atoms with Crippen molar-refractivity contribution >= 4 is 17.9 Å². The number of piperidine rings is 1. The lowest BCUT2D eigenvalue weighted by Gasteiger charge is -2.25. The summed E-state index contributed by atoms with van der Waals surface area (Å²) in [6.45, 7) is 2.25. The summed E-state index contributed by atoms with van der Waals surface area (Å²) < 4.78 is 2.35. The maximum atomic E-state index is 11.4. The Kier molecular flexibility index (Phi) is 4.42. The Morgan fingerprint density at radius 3 is 2.76 bits per heavy atom. The van der Waals surface area contributed by atoms with Crippen LogP contribution in [0.25, 0.3) is 0 Å². The van der Waals surface area contributed by atoms with Crippen molar-refractivity contribution in [1.29, 1.82) is 0 Å². The van der Waals surface area contributed by atoms with E-state index < -0.39 is 0 Å². The van der Waals surface area contributed by atoms with Gasteiger partial charge in [0, 0.05) is 23.5 Å². The van der Waals surface area contributed by atoms with Crippen molar-refractivity contribution in [2.45, 2.75) is 24.2 Å². The van der Waals surface area contributed by atoms with Gasteiger partial charge in [0.25, 0.3) is 5.91 Å². The molecule has 1 saturated heterocycles. The average Bonchev–Trinajstić information content (AvgIpc) is 2.39. The molecule has 3 N–H and O–H groups in total. The van der Waals surface area contributed by atoms with Gasteiger partial charge in [-0.15, -0.1) is 0 Å². The number of carbonyl (C=O) groups excluding carboxylic acids is 1. The number of rotatable bonds is 3. The van der Waals surface area contributed by atoms with Gasteiger partial charge >= 0.3 is 0 Å². The minimum Gasteiger partial charge on any atom is -0.290 e. The largest absolute Gasteiger partial charge is 0.290 e. The van der Waals surface area contributed by atoms with Crippen molar-refractivity contribution in [3.8, 4) is 0 Å². The number of hydrogen-bond donors (Lipinski definition) is 2. The summed E-state index contributed by atoms with van der Waals surface area (Å²) in [7, 11) is 0. The highest BCUT2D eigenvalue weighted by Crippen LogP contribution is 2.26. The van der Waals surface area contributed by atoms with E-state index in [1.807, 2.05) is 18.2 Å². The molecule has 0 saturated carbocycles. The van der Waals surface area contributed by atoms with Crippen LogP contribution in [-0.2, 0) is 0 Å². The van der Waals surface area contributed by atoms with E-state index in [9.17, 15) is 4.79 Å². The zero-order valence-electron chi connectivity index (χ0n) is 9.69. The molecule has 1 aromatic carbocycles. The monoisotopic (exact) mass is 251 g/mol. The predicted octanol–water partition coefficient (Wildman–Crippen LogP) is 1.78. The molecule has 0 aromatic heterocycles. The van der Waals surface area contributed by atoms with Crippen LogP contribution in [0.1, 0.15) is 29.6 Å². The molecule has 92 valence electrons. The maximum Gasteiger partial charge on any atom is 0.265 e. The van der Waals surface area contributed by atoms with Crippen molar-refractivity contribution in [1.82, 2.24) is 9.73 Å². The molecule has 1 fully saturated rings. The van der Waals surface area contributed by atoms with Crippen LogP contribution in [0.2, 0.25) is 0 Å². The van der Waals surface area contributed by atoms with Crippen LogP contribution in [0.15, 0.2) is 29.2 Å². The molecule has 1 aromatic rings. The van der Waals surface area contributed by atoms with Crippen LogP contribution >= 0.6 is 11.9 Å². The third kappa shape index (κ3) is 3.46. The number of hydrazine groups is 1.